The van der Waals surface area contributed by atoms with E-state index in [0.29, 0.717) is 24.9 Å². The molecule has 0 radical (unpaired) electrons. The zero-order valence-electron chi connectivity index (χ0n) is 16.1. The quantitative estimate of drug-likeness (QED) is 0.729. The van der Waals surface area contributed by atoms with Gasteiger partial charge in [0.1, 0.15) is 12.4 Å². The van der Waals surface area contributed by atoms with Crippen LogP contribution < -0.4 is 5.32 Å². The highest BCUT2D eigenvalue weighted by atomic mass is 19.1. The summed E-state index contributed by atoms with van der Waals surface area (Å²) in [4.78, 5) is 31.3. The highest BCUT2D eigenvalue weighted by Crippen LogP contribution is 2.39. The number of nitrogens with one attached hydrogen (secondary N) is 1. The van der Waals surface area contributed by atoms with Crippen LogP contribution >= 0.6 is 0 Å². The first-order valence-corrected chi connectivity index (χ1v) is 9.99. The summed E-state index contributed by atoms with van der Waals surface area (Å²) in [6.07, 6.45) is 5.60. The van der Waals surface area contributed by atoms with E-state index in [1.165, 1.54) is 6.07 Å². The molecule has 4 rings (SSSR count). The summed E-state index contributed by atoms with van der Waals surface area (Å²) in [5.74, 6) is -0.583. The van der Waals surface area contributed by atoms with E-state index in [9.17, 15) is 14.0 Å². The van der Waals surface area contributed by atoms with Crippen LogP contribution in [0.25, 0.3) is 0 Å². The highest BCUT2D eigenvalue weighted by Gasteiger charge is 2.47. The predicted octanol–water partition coefficient (Wildman–Crippen LogP) is 2.40. The van der Waals surface area contributed by atoms with Crippen LogP contribution in [0.15, 0.2) is 48.8 Å². The Morgan fingerprint density at radius 2 is 2.07 bits per heavy atom. The number of nitrogens with zero attached hydrogens (tertiary/aromatic N) is 2. The summed E-state index contributed by atoms with van der Waals surface area (Å²) in [6, 6.07) is 9.99. The zero-order chi connectivity index (χ0) is 20.2. The molecule has 1 aliphatic carbocycles. The number of ether oxygens (including phenoxy) is 1. The first kappa shape index (κ1) is 19.5. The Morgan fingerprint density at radius 3 is 2.79 bits per heavy atom. The molecule has 2 amide bonds. The maximum atomic E-state index is 13.7. The third-order valence-electron chi connectivity index (χ3n) is 5.37. The van der Waals surface area contributed by atoms with Gasteiger partial charge in [-0.1, -0.05) is 24.3 Å². The SMILES string of the molecule is O=C(NCCCc1ccccc1F)[C@H]1OCC(=O)N(C2CC2)[C@@H]1c1cccnc1. The second-order valence-corrected chi connectivity index (χ2v) is 7.48. The Kier molecular flexibility index (Phi) is 5.85. The molecule has 29 heavy (non-hydrogen) atoms. The normalized spacial score (nSPS) is 21.8. The number of hydrogen-bond donors (Lipinski definition) is 1. The number of benzene rings is 1. The molecule has 2 aromatic rings. The Labute approximate surface area is 169 Å². The van der Waals surface area contributed by atoms with Crippen molar-refractivity contribution in [2.45, 2.75) is 43.9 Å². The van der Waals surface area contributed by atoms with Crippen LogP contribution in [0.1, 0.15) is 36.4 Å². The minimum atomic E-state index is -0.786. The Balaban J connectivity index is 1.41. The van der Waals surface area contributed by atoms with E-state index in [-0.39, 0.29) is 30.3 Å². The molecule has 1 saturated heterocycles. The summed E-state index contributed by atoms with van der Waals surface area (Å²) in [5, 5.41) is 2.89. The Hall–Kier alpha value is -2.80. The van der Waals surface area contributed by atoms with Crippen LogP contribution in [-0.4, -0.2) is 47.0 Å². The second-order valence-electron chi connectivity index (χ2n) is 7.48. The monoisotopic (exact) mass is 397 g/mol. The average molecular weight is 397 g/mol. The van der Waals surface area contributed by atoms with Gasteiger partial charge in [-0.05, 0) is 48.9 Å². The van der Waals surface area contributed by atoms with E-state index in [0.717, 1.165) is 18.4 Å². The fraction of sp³-hybridized carbons (Fsp3) is 0.409. The molecule has 0 unspecified atom stereocenters. The number of amides is 2. The minimum Gasteiger partial charge on any atom is -0.356 e. The first-order valence-electron chi connectivity index (χ1n) is 9.99. The van der Waals surface area contributed by atoms with Crippen molar-refractivity contribution >= 4 is 11.8 Å². The van der Waals surface area contributed by atoms with E-state index in [4.69, 9.17) is 4.74 Å². The molecule has 2 atom stereocenters. The third-order valence-corrected chi connectivity index (χ3v) is 5.37. The number of aryl methyl sites for hydroxylation is 1. The molecule has 2 heterocycles. The summed E-state index contributed by atoms with van der Waals surface area (Å²) < 4.78 is 19.4. The number of halogens is 1. The highest BCUT2D eigenvalue weighted by molar-refractivity contribution is 5.86. The van der Waals surface area contributed by atoms with Gasteiger partial charge in [0.25, 0.3) is 5.91 Å². The average Bonchev–Trinajstić information content (AvgIpc) is 3.57. The number of pyridine rings is 1. The number of carbonyl (C=O) groups excluding carboxylic acids is 2. The lowest BCUT2D eigenvalue weighted by Gasteiger charge is -2.40. The van der Waals surface area contributed by atoms with Crippen LogP contribution in [0.2, 0.25) is 0 Å². The van der Waals surface area contributed by atoms with Crippen molar-refractivity contribution in [2.24, 2.45) is 0 Å². The van der Waals surface area contributed by atoms with Crippen LogP contribution in [0.5, 0.6) is 0 Å². The molecule has 1 saturated carbocycles. The van der Waals surface area contributed by atoms with Crippen molar-refractivity contribution < 1.29 is 18.7 Å². The summed E-state index contributed by atoms with van der Waals surface area (Å²) in [7, 11) is 0. The summed E-state index contributed by atoms with van der Waals surface area (Å²) >= 11 is 0. The molecule has 0 bridgehead atoms. The summed E-state index contributed by atoms with van der Waals surface area (Å²) in [5.41, 5.74) is 1.42. The lowest BCUT2D eigenvalue weighted by molar-refractivity contribution is -0.165. The lowest BCUT2D eigenvalue weighted by atomic mass is 9.98. The largest absolute Gasteiger partial charge is 0.356 e. The summed E-state index contributed by atoms with van der Waals surface area (Å²) in [6.45, 7) is 0.310. The molecule has 1 N–H and O–H groups in total. The first-order chi connectivity index (χ1) is 14.1. The van der Waals surface area contributed by atoms with E-state index in [1.54, 1.807) is 41.6 Å². The van der Waals surface area contributed by atoms with Gasteiger partial charge in [-0.15, -0.1) is 0 Å². The number of rotatable bonds is 7. The van der Waals surface area contributed by atoms with E-state index in [1.807, 2.05) is 6.07 Å². The van der Waals surface area contributed by atoms with Gasteiger partial charge >= 0.3 is 0 Å². The fourth-order valence-electron chi connectivity index (χ4n) is 3.81. The van der Waals surface area contributed by atoms with Gasteiger partial charge in [-0.25, -0.2) is 4.39 Å². The third kappa shape index (κ3) is 4.45. The molecular formula is C22H24FN3O3. The number of morpholine rings is 1. The van der Waals surface area contributed by atoms with Gasteiger partial charge in [0.2, 0.25) is 5.91 Å². The van der Waals surface area contributed by atoms with Crippen molar-refractivity contribution in [1.82, 2.24) is 15.2 Å². The molecule has 6 nitrogen and oxygen atoms in total. The van der Waals surface area contributed by atoms with Crippen LogP contribution in [-0.2, 0) is 20.7 Å². The number of aromatic nitrogens is 1. The molecule has 1 aliphatic heterocycles. The molecular weight excluding hydrogens is 373 g/mol. The minimum absolute atomic E-state index is 0.0926. The predicted molar refractivity (Wildman–Crippen MR) is 104 cm³/mol. The second kappa shape index (κ2) is 8.69. The van der Waals surface area contributed by atoms with Gasteiger partial charge in [0.05, 0.1) is 6.04 Å². The Morgan fingerprint density at radius 1 is 1.24 bits per heavy atom. The van der Waals surface area contributed by atoms with Gasteiger partial charge in [-0.2, -0.15) is 0 Å². The smallest absolute Gasteiger partial charge is 0.251 e. The fourth-order valence-corrected chi connectivity index (χ4v) is 3.81. The molecule has 0 spiro atoms. The Bertz CT molecular complexity index is 873. The number of hydrogen-bond acceptors (Lipinski definition) is 4. The van der Waals surface area contributed by atoms with Crippen molar-refractivity contribution in [3.63, 3.8) is 0 Å². The van der Waals surface area contributed by atoms with Gasteiger partial charge in [0.15, 0.2) is 6.10 Å². The molecule has 2 aliphatic rings. The van der Waals surface area contributed by atoms with Crippen molar-refractivity contribution in [3.8, 4) is 0 Å². The lowest BCUT2D eigenvalue weighted by Crippen LogP contribution is -2.55. The van der Waals surface area contributed by atoms with Crippen molar-refractivity contribution in [1.29, 1.82) is 0 Å². The molecule has 2 fully saturated rings. The standard InChI is InChI=1S/C22H24FN3O3/c23-18-8-2-1-5-15(18)6-4-12-25-22(28)21-20(16-7-3-11-24-13-16)26(17-9-10-17)19(27)14-29-21/h1-3,5,7-8,11,13,17,20-21H,4,6,9-10,12,14H2,(H,25,28)/t20-,21+/m1/s1. The van der Waals surface area contributed by atoms with Crippen LogP contribution in [0.4, 0.5) is 4.39 Å². The van der Waals surface area contributed by atoms with Crippen LogP contribution in [0, 0.1) is 5.82 Å². The van der Waals surface area contributed by atoms with Crippen molar-refractivity contribution in [2.75, 3.05) is 13.2 Å². The van der Waals surface area contributed by atoms with E-state index in [2.05, 4.69) is 10.3 Å². The van der Waals surface area contributed by atoms with E-state index < -0.39 is 12.1 Å². The maximum Gasteiger partial charge on any atom is 0.251 e. The molecule has 152 valence electrons. The van der Waals surface area contributed by atoms with Gasteiger partial charge in [-0.3, -0.25) is 14.6 Å². The molecule has 7 heteroatoms. The van der Waals surface area contributed by atoms with Crippen LogP contribution in [0.3, 0.4) is 0 Å². The topological polar surface area (TPSA) is 71.5 Å². The zero-order valence-corrected chi connectivity index (χ0v) is 16.1. The molecule has 1 aromatic heterocycles. The number of carbonyl (C=O) groups is 2. The van der Waals surface area contributed by atoms with Gasteiger partial charge in [0, 0.05) is 25.0 Å². The van der Waals surface area contributed by atoms with Crippen molar-refractivity contribution in [3.05, 3.63) is 65.7 Å². The van der Waals surface area contributed by atoms with Gasteiger partial charge < -0.3 is 15.0 Å². The van der Waals surface area contributed by atoms with E-state index >= 15 is 0 Å². The molecule has 1 aromatic carbocycles. The maximum absolute atomic E-state index is 13.7.